The normalized spacial score (nSPS) is 11.5. The number of hydrogen-bond acceptors (Lipinski definition) is 5. The molecule has 2 aromatic carbocycles. The number of rotatable bonds is 8. The van der Waals surface area contributed by atoms with Crippen molar-refractivity contribution in [2.45, 2.75) is 12.6 Å². The van der Waals surface area contributed by atoms with Gasteiger partial charge < -0.3 is 29.4 Å². The first-order valence-corrected chi connectivity index (χ1v) is 9.42. The molecule has 2 amide bonds. The summed E-state index contributed by atoms with van der Waals surface area (Å²) >= 11 is 0. The van der Waals surface area contributed by atoms with Crippen molar-refractivity contribution in [2.75, 3.05) is 21.3 Å². The lowest BCUT2D eigenvalue weighted by Crippen LogP contribution is -2.38. The Kier molecular flexibility index (Phi) is 6.79. The van der Waals surface area contributed by atoms with E-state index in [0.29, 0.717) is 29.6 Å². The van der Waals surface area contributed by atoms with Crippen LogP contribution in [0.3, 0.4) is 0 Å². The van der Waals surface area contributed by atoms with Crippen molar-refractivity contribution < 1.29 is 19.0 Å². The molecule has 30 heavy (non-hydrogen) atoms. The predicted octanol–water partition coefficient (Wildman–Crippen LogP) is 3.03. The Morgan fingerprint density at radius 3 is 2.53 bits per heavy atom. The van der Waals surface area contributed by atoms with Gasteiger partial charge in [0.15, 0.2) is 11.5 Å². The molecule has 0 radical (unpaired) electrons. The van der Waals surface area contributed by atoms with Crippen LogP contribution in [0, 0.1) is 0 Å². The molecule has 0 aliphatic rings. The number of aromatic nitrogens is 2. The number of benzene rings is 2. The van der Waals surface area contributed by atoms with Gasteiger partial charge in [-0.3, -0.25) is 0 Å². The summed E-state index contributed by atoms with van der Waals surface area (Å²) in [5, 5.41) is 5.89. The fraction of sp³-hybridized carbons (Fsp3) is 0.273. The van der Waals surface area contributed by atoms with Crippen molar-refractivity contribution in [1.82, 2.24) is 20.2 Å². The highest BCUT2D eigenvalue weighted by molar-refractivity contribution is 5.75. The second-order valence-corrected chi connectivity index (χ2v) is 6.62. The first kappa shape index (κ1) is 21.0. The zero-order chi connectivity index (χ0) is 21.5. The number of hydrogen-bond donors (Lipinski definition) is 2. The molecule has 0 aliphatic carbocycles. The molecule has 8 nitrogen and oxygen atoms in total. The van der Waals surface area contributed by atoms with Gasteiger partial charge in [0.05, 0.1) is 21.3 Å². The summed E-state index contributed by atoms with van der Waals surface area (Å²) in [7, 11) is 6.66. The van der Waals surface area contributed by atoms with Crippen LogP contribution in [0.15, 0.2) is 54.9 Å². The van der Waals surface area contributed by atoms with E-state index in [0.717, 1.165) is 11.1 Å². The Hall–Kier alpha value is -3.68. The minimum atomic E-state index is -0.439. The van der Waals surface area contributed by atoms with Crippen molar-refractivity contribution >= 4 is 6.03 Å². The number of carbonyl (C=O) groups is 1. The zero-order valence-corrected chi connectivity index (χ0v) is 17.5. The quantitative estimate of drug-likeness (QED) is 0.596. The molecule has 2 N–H and O–H groups in total. The van der Waals surface area contributed by atoms with Gasteiger partial charge in [-0.15, -0.1) is 0 Å². The smallest absolute Gasteiger partial charge is 0.315 e. The molecule has 3 aromatic rings. The van der Waals surface area contributed by atoms with Crippen molar-refractivity contribution in [3.05, 3.63) is 71.8 Å². The Labute approximate surface area is 175 Å². The van der Waals surface area contributed by atoms with Crippen LogP contribution in [0.2, 0.25) is 0 Å². The number of nitrogens with one attached hydrogen (secondary N) is 2. The van der Waals surface area contributed by atoms with Crippen LogP contribution in [0.5, 0.6) is 17.2 Å². The number of carbonyl (C=O) groups excluding carboxylic acids is 1. The highest BCUT2D eigenvalue weighted by atomic mass is 16.5. The van der Waals surface area contributed by atoms with Crippen LogP contribution in [-0.4, -0.2) is 36.9 Å². The minimum absolute atomic E-state index is 0.319. The molecule has 3 rings (SSSR count). The van der Waals surface area contributed by atoms with Gasteiger partial charge in [0, 0.05) is 26.0 Å². The lowest BCUT2D eigenvalue weighted by atomic mass is 10.1. The SMILES string of the molecule is COc1cccc([C@H](NC(=O)NCc2ccc(OC)c(OC)c2)c2nccn2C)c1. The lowest BCUT2D eigenvalue weighted by molar-refractivity contribution is 0.237. The van der Waals surface area contributed by atoms with Gasteiger partial charge in [-0.2, -0.15) is 0 Å². The molecular weight excluding hydrogens is 384 g/mol. The number of aryl methyl sites for hydroxylation is 1. The van der Waals surface area contributed by atoms with Crippen LogP contribution < -0.4 is 24.8 Å². The minimum Gasteiger partial charge on any atom is -0.497 e. The number of ether oxygens (including phenoxy) is 3. The van der Waals surface area contributed by atoms with Crippen molar-refractivity contribution in [1.29, 1.82) is 0 Å². The van der Waals surface area contributed by atoms with Gasteiger partial charge >= 0.3 is 6.03 Å². The molecule has 0 unspecified atom stereocenters. The highest BCUT2D eigenvalue weighted by Gasteiger charge is 2.21. The van der Waals surface area contributed by atoms with E-state index in [-0.39, 0.29) is 6.03 Å². The molecule has 0 fully saturated rings. The monoisotopic (exact) mass is 410 g/mol. The van der Waals surface area contributed by atoms with E-state index in [9.17, 15) is 4.79 Å². The van der Waals surface area contributed by atoms with Crippen LogP contribution in [0.4, 0.5) is 4.79 Å². The maximum Gasteiger partial charge on any atom is 0.315 e. The largest absolute Gasteiger partial charge is 0.497 e. The van der Waals surface area contributed by atoms with Gasteiger partial charge in [-0.1, -0.05) is 18.2 Å². The van der Waals surface area contributed by atoms with Crippen LogP contribution in [0.1, 0.15) is 23.0 Å². The second kappa shape index (κ2) is 9.69. The summed E-state index contributed by atoms with van der Waals surface area (Å²) in [6.45, 7) is 0.331. The van der Waals surface area contributed by atoms with E-state index in [4.69, 9.17) is 14.2 Å². The van der Waals surface area contributed by atoms with Gasteiger partial charge in [0.25, 0.3) is 0 Å². The van der Waals surface area contributed by atoms with E-state index >= 15 is 0 Å². The average molecular weight is 410 g/mol. The van der Waals surface area contributed by atoms with Gasteiger partial charge in [0.2, 0.25) is 0 Å². The third-order valence-electron chi connectivity index (χ3n) is 4.72. The summed E-state index contributed by atoms with van der Waals surface area (Å²) in [6, 6.07) is 12.3. The van der Waals surface area contributed by atoms with E-state index in [2.05, 4.69) is 15.6 Å². The van der Waals surface area contributed by atoms with Crippen molar-refractivity contribution in [3.8, 4) is 17.2 Å². The predicted molar refractivity (Wildman–Crippen MR) is 113 cm³/mol. The molecule has 0 saturated carbocycles. The highest BCUT2D eigenvalue weighted by Crippen LogP contribution is 2.27. The molecule has 0 saturated heterocycles. The van der Waals surface area contributed by atoms with Crippen LogP contribution in [0.25, 0.3) is 0 Å². The fourth-order valence-electron chi connectivity index (χ4n) is 3.13. The standard InChI is InChI=1S/C22H26N4O4/c1-26-11-10-23-21(26)20(16-6-5-7-17(13-16)28-2)25-22(27)24-14-15-8-9-18(29-3)19(12-15)30-4/h5-13,20H,14H2,1-4H3,(H2,24,25,27)/t20-/m0/s1. The lowest BCUT2D eigenvalue weighted by Gasteiger charge is -2.20. The molecule has 1 aromatic heterocycles. The second-order valence-electron chi connectivity index (χ2n) is 6.62. The van der Waals surface area contributed by atoms with E-state index < -0.39 is 6.04 Å². The van der Waals surface area contributed by atoms with Crippen LogP contribution in [-0.2, 0) is 13.6 Å². The molecule has 0 bridgehead atoms. The topological polar surface area (TPSA) is 86.6 Å². The number of urea groups is 1. The third kappa shape index (κ3) is 4.83. The number of nitrogens with zero attached hydrogens (tertiary/aromatic N) is 2. The maximum absolute atomic E-state index is 12.7. The molecule has 8 heteroatoms. The molecule has 0 spiro atoms. The first-order chi connectivity index (χ1) is 14.5. The van der Waals surface area contributed by atoms with Crippen molar-refractivity contribution in [2.24, 2.45) is 7.05 Å². The fourth-order valence-corrected chi connectivity index (χ4v) is 3.13. The summed E-state index contributed by atoms with van der Waals surface area (Å²) in [5.41, 5.74) is 1.75. The number of methoxy groups -OCH3 is 3. The zero-order valence-electron chi connectivity index (χ0n) is 17.5. The van der Waals surface area contributed by atoms with E-state index in [1.807, 2.05) is 54.2 Å². The first-order valence-electron chi connectivity index (χ1n) is 9.42. The summed E-state index contributed by atoms with van der Waals surface area (Å²) in [4.78, 5) is 17.1. The average Bonchev–Trinajstić information content (AvgIpc) is 3.21. The van der Waals surface area contributed by atoms with E-state index in [1.54, 1.807) is 33.6 Å². The van der Waals surface area contributed by atoms with Gasteiger partial charge in [-0.05, 0) is 35.4 Å². The Balaban J connectivity index is 1.75. The molecule has 1 heterocycles. The number of imidazole rings is 1. The van der Waals surface area contributed by atoms with Crippen LogP contribution >= 0.6 is 0 Å². The number of amides is 2. The maximum atomic E-state index is 12.7. The molecule has 1 atom stereocenters. The molecule has 158 valence electrons. The van der Waals surface area contributed by atoms with Crippen molar-refractivity contribution in [3.63, 3.8) is 0 Å². The third-order valence-corrected chi connectivity index (χ3v) is 4.72. The molecule has 0 aliphatic heterocycles. The summed E-state index contributed by atoms with van der Waals surface area (Å²) in [6.07, 6.45) is 3.54. The molecular formula is C22H26N4O4. The summed E-state index contributed by atoms with van der Waals surface area (Å²) in [5.74, 6) is 2.67. The van der Waals surface area contributed by atoms with Gasteiger partial charge in [-0.25, -0.2) is 9.78 Å². The van der Waals surface area contributed by atoms with Gasteiger partial charge in [0.1, 0.15) is 17.6 Å². The Morgan fingerprint density at radius 2 is 1.87 bits per heavy atom. The Bertz CT molecular complexity index is 1000. The summed E-state index contributed by atoms with van der Waals surface area (Å²) < 4.78 is 17.8. The Morgan fingerprint density at radius 1 is 1.07 bits per heavy atom. The van der Waals surface area contributed by atoms with E-state index in [1.165, 1.54) is 0 Å².